The Kier molecular flexibility index (Phi) is 4.06. The number of primary amides is 1. The summed E-state index contributed by atoms with van der Waals surface area (Å²) in [5, 5.41) is 0. The van der Waals surface area contributed by atoms with E-state index in [1.54, 1.807) is 24.3 Å². The van der Waals surface area contributed by atoms with E-state index in [1.165, 1.54) is 23.9 Å². The first-order chi connectivity index (χ1) is 9.06. The molecule has 19 heavy (non-hydrogen) atoms. The fourth-order valence-corrected chi connectivity index (χ4v) is 2.44. The van der Waals surface area contributed by atoms with Crippen molar-refractivity contribution in [2.45, 2.75) is 10.6 Å². The maximum Gasteiger partial charge on any atom is 0.248 e. The van der Waals surface area contributed by atoms with Gasteiger partial charge in [0.25, 0.3) is 0 Å². The van der Waals surface area contributed by atoms with Crippen molar-refractivity contribution in [1.82, 2.24) is 0 Å². The average Bonchev–Trinajstić information content (AvgIpc) is 2.40. The molecule has 0 bridgehead atoms. The summed E-state index contributed by atoms with van der Waals surface area (Å²) in [6.45, 7) is 0. The molecule has 0 heterocycles. The molecule has 0 aromatic heterocycles. The van der Waals surface area contributed by atoms with Crippen molar-refractivity contribution in [3.63, 3.8) is 0 Å². The van der Waals surface area contributed by atoms with E-state index in [0.717, 1.165) is 10.5 Å². The van der Waals surface area contributed by atoms with Gasteiger partial charge in [0.05, 0.1) is 5.69 Å². The van der Waals surface area contributed by atoms with Crippen molar-refractivity contribution in [2.75, 3.05) is 5.73 Å². The van der Waals surface area contributed by atoms with E-state index in [2.05, 4.69) is 0 Å². The molecule has 2 rings (SSSR count). The molecule has 0 atom stereocenters. The number of carbonyl (C=O) groups excluding carboxylic acids is 1. The number of anilines is 1. The minimum Gasteiger partial charge on any atom is -0.396 e. The zero-order chi connectivity index (χ0) is 13.8. The van der Waals surface area contributed by atoms with E-state index in [0.29, 0.717) is 11.3 Å². The standard InChI is InChI=1S/C14H13FN2OS/c15-12-7-11(4-5-13(12)16)19-8-9-2-1-3-10(6-9)14(17)18/h1-7H,8,16H2,(H2,17,18). The maximum absolute atomic E-state index is 13.3. The van der Waals surface area contributed by atoms with E-state index < -0.39 is 11.7 Å². The van der Waals surface area contributed by atoms with Crippen molar-refractivity contribution >= 4 is 23.4 Å². The van der Waals surface area contributed by atoms with Crippen LogP contribution in [-0.2, 0) is 5.75 Å². The predicted octanol–water partition coefficient (Wildman–Crippen LogP) is 2.80. The molecule has 5 heteroatoms. The highest BCUT2D eigenvalue weighted by molar-refractivity contribution is 7.98. The normalized spacial score (nSPS) is 10.4. The molecule has 3 nitrogen and oxygen atoms in total. The van der Waals surface area contributed by atoms with Crippen molar-refractivity contribution in [2.24, 2.45) is 5.73 Å². The van der Waals surface area contributed by atoms with E-state index in [-0.39, 0.29) is 5.69 Å². The summed E-state index contributed by atoms with van der Waals surface area (Å²) in [5.41, 5.74) is 12.2. The van der Waals surface area contributed by atoms with E-state index in [4.69, 9.17) is 11.5 Å². The SMILES string of the molecule is NC(=O)c1cccc(CSc2ccc(N)c(F)c2)c1. The van der Waals surface area contributed by atoms with Crippen LogP contribution in [0.4, 0.5) is 10.1 Å². The van der Waals surface area contributed by atoms with Crippen molar-refractivity contribution in [1.29, 1.82) is 0 Å². The number of nitrogen functional groups attached to an aromatic ring is 1. The van der Waals surface area contributed by atoms with Crippen molar-refractivity contribution < 1.29 is 9.18 Å². The summed E-state index contributed by atoms with van der Waals surface area (Å²) in [4.78, 5) is 11.8. The summed E-state index contributed by atoms with van der Waals surface area (Å²) >= 11 is 1.47. The lowest BCUT2D eigenvalue weighted by Crippen LogP contribution is -2.10. The third-order valence-electron chi connectivity index (χ3n) is 2.59. The lowest BCUT2D eigenvalue weighted by Gasteiger charge is -2.05. The lowest BCUT2D eigenvalue weighted by molar-refractivity contribution is 0.1000. The van der Waals surface area contributed by atoms with Gasteiger partial charge in [0, 0.05) is 16.2 Å². The lowest BCUT2D eigenvalue weighted by atomic mass is 10.1. The van der Waals surface area contributed by atoms with Crippen molar-refractivity contribution in [3.8, 4) is 0 Å². The smallest absolute Gasteiger partial charge is 0.248 e. The first kappa shape index (κ1) is 13.4. The number of benzene rings is 2. The Labute approximate surface area is 114 Å². The van der Waals surface area contributed by atoms with E-state index in [1.807, 2.05) is 6.07 Å². The number of hydrogen-bond acceptors (Lipinski definition) is 3. The van der Waals surface area contributed by atoms with Crippen LogP contribution in [-0.4, -0.2) is 5.91 Å². The molecule has 2 aromatic rings. The Morgan fingerprint density at radius 3 is 2.68 bits per heavy atom. The fourth-order valence-electron chi connectivity index (χ4n) is 1.58. The second-order valence-corrected chi connectivity index (χ2v) is 5.09. The summed E-state index contributed by atoms with van der Waals surface area (Å²) < 4.78 is 13.3. The van der Waals surface area contributed by atoms with Crippen LogP contribution >= 0.6 is 11.8 Å². The molecule has 2 aromatic carbocycles. The fraction of sp³-hybridized carbons (Fsp3) is 0.0714. The Bertz CT molecular complexity index is 616. The molecule has 0 spiro atoms. The molecule has 0 saturated carbocycles. The molecular weight excluding hydrogens is 263 g/mol. The molecule has 0 saturated heterocycles. The van der Waals surface area contributed by atoms with Gasteiger partial charge in [-0.1, -0.05) is 12.1 Å². The second-order valence-electron chi connectivity index (χ2n) is 4.04. The van der Waals surface area contributed by atoms with Gasteiger partial charge in [0.1, 0.15) is 5.82 Å². The van der Waals surface area contributed by atoms with Crippen LogP contribution in [0.3, 0.4) is 0 Å². The Morgan fingerprint density at radius 2 is 2.00 bits per heavy atom. The molecule has 1 amide bonds. The van der Waals surface area contributed by atoms with Gasteiger partial charge < -0.3 is 11.5 Å². The second kappa shape index (κ2) is 5.75. The van der Waals surface area contributed by atoms with Gasteiger partial charge in [-0.15, -0.1) is 11.8 Å². The number of halogens is 1. The summed E-state index contributed by atoms with van der Waals surface area (Å²) in [6.07, 6.45) is 0. The molecule has 4 N–H and O–H groups in total. The van der Waals surface area contributed by atoms with Crippen LogP contribution in [0, 0.1) is 5.82 Å². The largest absolute Gasteiger partial charge is 0.396 e. The number of thioether (sulfide) groups is 1. The maximum atomic E-state index is 13.3. The Balaban J connectivity index is 2.07. The Morgan fingerprint density at radius 1 is 1.21 bits per heavy atom. The van der Waals surface area contributed by atoms with Crippen LogP contribution in [0.5, 0.6) is 0 Å². The van der Waals surface area contributed by atoms with Gasteiger partial charge in [-0.3, -0.25) is 4.79 Å². The summed E-state index contributed by atoms with van der Waals surface area (Å²) in [5.74, 6) is -0.244. The zero-order valence-corrected chi connectivity index (χ0v) is 10.9. The predicted molar refractivity (Wildman–Crippen MR) is 75.3 cm³/mol. The third-order valence-corrected chi connectivity index (χ3v) is 3.65. The minimum atomic E-state index is -0.453. The number of rotatable bonds is 4. The zero-order valence-electron chi connectivity index (χ0n) is 10.1. The van der Waals surface area contributed by atoms with Crippen molar-refractivity contribution in [3.05, 3.63) is 59.4 Å². The average molecular weight is 276 g/mol. The monoisotopic (exact) mass is 276 g/mol. The van der Waals surface area contributed by atoms with Crippen LogP contribution in [0.15, 0.2) is 47.4 Å². The van der Waals surface area contributed by atoms with Gasteiger partial charge >= 0.3 is 0 Å². The van der Waals surface area contributed by atoms with Crippen LogP contribution < -0.4 is 11.5 Å². The topological polar surface area (TPSA) is 69.1 Å². The number of carbonyl (C=O) groups is 1. The molecule has 0 aliphatic carbocycles. The van der Waals surface area contributed by atoms with Gasteiger partial charge in [0.2, 0.25) is 5.91 Å². The van der Waals surface area contributed by atoms with Gasteiger partial charge in [0.15, 0.2) is 0 Å². The molecule has 0 unspecified atom stereocenters. The highest BCUT2D eigenvalue weighted by Gasteiger charge is 2.04. The van der Waals surface area contributed by atoms with Crippen LogP contribution in [0.2, 0.25) is 0 Å². The first-order valence-electron chi connectivity index (χ1n) is 5.63. The Hall–Kier alpha value is -2.01. The summed E-state index contributed by atoms with van der Waals surface area (Å²) in [7, 11) is 0. The quantitative estimate of drug-likeness (QED) is 0.666. The summed E-state index contributed by atoms with van der Waals surface area (Å²) in [6, 6.07) is 11.8. The minimum absolute atomic E-state index is 0.139. The van der Waals surface area contributed by atoms with Gasteiger partial charge in [-0.25, -0.2) is 4.39 Å². The number of amides is 1. The van der Waals surface area contributed by atoms with E-state index >= 15 is 0 Å². The molecule has 0 aliphatic heterocycles. The third kappa shape index (κ3) is 3.48. The highest BCUT2D eigenvalue weighted by Crippen LogP contribution is 2.25. The van der Waals surface area contributed by atoms with Gasteiger partial charge in [-0.2, -0.15) is 0 Å². The van der Waals surface area contributed by atoms with E-state index in [9.17, 15) is 9.18 Å². The molecule has 0 fully saturated rings. The van der Waals surface area contributed by atoms with Crippen LogP contribution in [0.1, 0.15) is 15.9 Å². The first-order valence-corrected chi connectivity index (χ1v) is 6.61. The molecule has 0 radical (unpaired) electrons. The highest BCUT2D eigenvalue weighted by atomic mass is 32.2. The number of hydrogen-bond donors (Lipinski definition) is 2. The van der Waals surface area contributed by atoms with Crippen LogP contribution in [0.25, 0.3) is 0 Å². The molecule has 98 valence electrons. The number of nitrogens with two attached hydrogens (primary N) is 2. The molecular formula is C14H13FN2OS. The molecule has 0 aliphatic rings. The van der Waals surface area contributed by atoms with Gasteiger partial charge in [-0.05, 0) is 35.9 Å².